The Kier molecular flexibility index (Phi) is 5.52. The van der Waals surface area contributed by atoms with Crippen LogP contribution < -0.4 is 10.6 Å². The van der Waals surface area contributed by atoms with E-state index in [0.717, 1.165) is 12.0 Å². The number of halogens is 1. The van der Waals surface area contributed by atoms with E-state index in [4.69, 9.17) is 11.6 Å². The minimum Gasteiger partial charge on any atom is -0.334 e. The van der Waals surface area contributed by atoms with Crippen LogP contribution in [0.25, 0.3) is 0 Å². The van der Waals surface area contributed by atoms with E-state index in [9.17, 15) is 10.1 Å². The number of nitro groups is 1. The Bertz CT molecular complexity index is 976. The molecular formula is C19H18ClN5O2. The van der Waals surface area contributed by atoms with Gasteiger partial charge in [0.05, 0.1) is 4.92 Å². The van der Waals surface area contributed by atoms with Gasteiger partial charge >= 0.3 is 5.69 Å². The Morgan fingerprint density at radius 2 is 1.74 bits per heavy atom. The second kappa shape index (κ2) is 8.01. The molecule has 0 amide bonds. The summed E-state index contributed by atoms with van der Waals surface area (Å²) in [7, 11) is 0. The Labute approximate surface area is 161 Å². The topological polar surface area (TPSA) is 93.0 Å². The van der Waals surface area contributed by atoms with Crippen LogP contribution in [0, 0.1) is 17.0 Å². The number of nitrogens with one attached hydrogen (secondary N) is 2. The van der Waals surface area contributed by atoms with Gasteiger partial charge in [-0.1, -0.05) is 36.7 Å². The van der Waals surface area contributed by atoms with E-state index in [1.807, 2.05) is 31.2 Å². The van der Waals surface area contributed by atoms with Gasteiger partial charge in [-0.25, -0.2) is 9.97 Å². The maximum Gasteiger partial charge on any atom is 0.353 e. The lowest BCUT2D eigenvalue weighted by Gasteiger charge is -2.12. The van der Waals surface area contributed by atoms with Crippen molar-refractivity contribution in [2.24, 2.45) is 0 Å². The fourth-order valence-corrected chi connectivity index (χ4v) is 2.74. The predicted molar refractivity (Wildman–Crippen MR) is 107 cm³/mol. The average molecular weight is 384 g/mol. The highest BCUT2D eigenvalue weighted by Crippen LogP contribution is 2.34. The molecule has 0 aliphatic heterocycles. The zero-order valence-electron chi connectivity index (χ0n) is 14.9. The van der Waals surface area contributed by atoms with Crippen molar-refractivity contribution < 1.29 is 4.92 Å². The molecule has 0 fully saturated rings. The second-order valence-electron chi connectivity index (χ2n) is 5.89. The van der Waals surface area contributed by atoms with Crippen LogP contribution in [0.2, 0.25) is 5.02 Å². The summed E-state index contributed by atoms with van der Waals surface area (Å²) in [4.78, 5) is 19.3. The molecule has 0 saturated heterocycles. The predicted octanol–water partition coefficient (Wildman–Crippen LogP) is 5.40. The fourth-order valence-electron chi connectivity index (χ4n) is 2.57. The molecule has 0 aliphatic carbocycles. The molecule has 0 spiro atoms. The van der Waals surface area contributed by atoms with Crippen LogP contribution in [0.5, 0.6) is 0 Å². The summed E-state index contributed by atoms with van der Waals surface area (Å²) in [6.07, 6.45) is 2.19. The van der Waals surface area contributed by atoms with Gasteiger partial charge in [0.2, 0.25) is 11.6 Å². The third-order valence-corrected chi connectivity index (χ3v) is 4.56. The number of hydrogen-bond acceptors (Lipinski definition) is 6. The van der Waals surface area contributed by atoms with Crippen molar-refractivity contribution in [3.63, 3.8) is 0 Å². The van der Waals surface area contributed by atoms with Crippen molar-refractivity contribution in [1.82, 2.24) is 9.97 Å². The smallest absolute Gasteiger partial charge is 0.334 e. The molecule has 0 atom stereocenters. The number of nitrogens with zero attached hydrogens (tertiary/aromatic N) is 3. The first kappa shape index (κ1) is 18.6. The molecule has 8 heteroatoms. The zero-order valence-corrected chi connectivity index (χ0v) is 15.6. The Balaban J connectivity index is 1.97. The van der Waals surface area contributed by atoms with E-state index < -0.39 is 4.92 Å². The molecule has 2 aromatic carbocycles. The third kappa shape index (κ3) is 4.15. The van der Waals surface area contributed by atoms with Crippen molar-refractivity contribution in [2.45, 2.75) is 20.3 Å². The minimum absolute atomic E-state index is 0.0908. The Hall–Kier alpha value is -3.19. The van der Waals surface area contributed by atoms with Gasteiger partial charge < -0.3 is 10.6 Å². The van der Waals surface area contributed by atoms with Crippen molar-refractivity contribution in [1.29, 1.82) is 0 Å². The van der Waals surface area contributed by atoms with Crippen molar-refractivity contribution in [3.05, 3.63) is 75.1 Å². The molecule has 27 heavy (non-hydrogen) atoms. The highest BCUT2D eigenvalue weighted by Gasteiger charge is 2.23. The molecule has 0 unspecified atom stereocenters. The van der Waals surface area contributed by atoms with Gasteiger partial charge in [-0.05, 0) is 48.7 Å². The molecule has 1 aromatic heterocycles. The molecule has 7 nitrogen and oxygen atoms in total. The Morgan fingerprint density at radius 1 is 1.07 bits per heavy atom. The normalized spacial score (nSPS) is 10.5. The lowest BCUT2D eigenvalue weighted by Crippen LogP contribution is -2.06. The number of hydrogen-bond donors (Lipinski definition) is 2. The van der Waals surface area contributed by atoms with Gasteiger partial charge in [0.15, 0.2) is 0 Å². The van der Waals surface area contributed by atoms with Crippen molar-refractivity contribution in [3.8, 4) is 0 Å². The van der Waals surface area contributed by atoms with E-state index >= 15 is 0 Å². The Morgan fingerprint density at radius 3 is 2.37 bits per heavy atom. The van der Waals surface area contributed by atoms with E-state index in [1.165, 1.54) is 11.9 Å². The largest absolute Gasteiger partial charge is 0.353 e. The van der Waals surface area contributed by atoms with Crippen LogP contribution in [0.3, 0.4) is 0 Å². The number of rotatable bonds is 6. The molecule has 138 valence electrons. The van der Waals surface area contributed by atoms with Gasteiger partial charge in [-0.3, -0.25) is 10.1 Å². The molecule has 0 radical (unpaired) electrons. The summed E-state index contributed by atoms with van der Waals surface area (Å²) in [5.41, 5.74) is 3.06. The maximum absolute atomic E-state index is 11.7. The summed E-state index contributed by atoms with van der Waals surface area (Å²) < 4.78 is 0. The molecule has 0 saturated carbocycles. The van der Waals surface area contributed by atoms with Crippen molar-refractivity contribution >= 4 is 40.3 Å². The second-order valence-corrected chi connectivity index (χ2v) is 6.30. The first-order valence-electron chi connectivity index (χ1n) is 8.37. The first-order chi connectivity index (χ1) is 13.0. The number of anilines is 4. The van der Waals surface area contributed by atoms with Crippen LogP contribution in [-0.4, -0.2) is 14.9 Å². The van der Waals surface area contributed by atoms with E-state index in [1.54, 1.807) is 18.2 Å². The van der Waals surface area contributed by atoms with Gasteiger partial charge in [-0.2, -0.15) is 0 Å². The molecule has 3 rings (SSSR count). The van der Waals surface area contributed by atoms with E-state index in [0.29, 0.717) is 16.4 Å². The summed E-state index contributed by atoms with van der Waals surface area (Å²) in [5.74, 6) is 0.203. The van der Waals surface area contributed by atoms with Gasteiger partial charge in [0.25, 0.3) is 0 Å². The third-order valence-electron chi connectivity index (χ3n) is 4.15. The number of benzene rings is 2. The number of aryl methyl sites for hydroxylation is 1. The van der Waals surface area contributed by atoms with Crippen LogP contribution in [0.1, 0.15) is 18.1 Å². The first-order valence-corrected chi connectivity index (χ1v) is 8.75. The van der Waals surface area contributed by atoms with E-state index in [2.05, 4.69) is 27.5 Å². The van der Waals surface area contributed by atoms with Crippen LogP contribution in [-0.2, 0) is 6.42 Å². The molecule has 1 heterocycles. The highest BCUT2D eigenvalue weighted by atomic mass is 35.5. The van der Waals surface area contributed by atoms with Crippen LogP contribution in [0.15, 0.2) is 48.8 Å². The van der Waals surface area contributed by atoms with Gasteiger partial charge in [-0.15, -0.1) is 0 Å². The summed E-state index contributed by atoms with van der Waals surface area (Å²) >= 11 is 6.13. The molecule has 0 bridgehead atoms. The molecule has 0 aliphatic rings. The summed E-state index contributed by atoms with van der Waals surface area (Å²) in [6.45, 7) is 3.89. The quantitative estimate of drug-likeness (QED) is 0.437. The molecule has 3 aromatic rings. The zero-order chi connectivity index (χ0) is 19.4. The SMILES string of the molecule is CCc1ccc(Nc2ncnc(Nc3cccc(Cl)c3C)c2[N+](=O)[O-])cc1. The van der Waals surface area contributed by atoms with Gasteiger partial charge in [0.1, 0.15) is 6.33 Å². The fraction of sp³-hybridized carbons (Fsp3) is 0.158. The van der Waals surface area contributed by atoms with E-state index in [-0.39, 0.29) is 17.3 Å². The average Bonchev–Trinajstić information content (AvgIpc) is 2.66. The van der Waals surface area contributed by atoms with Gasteiger partial charge in [0, 0.05) is 16.4 Å². The van der Waals surface area contributed by atoms with Crippen molar-refractivity contribution in [2.75, 3.05) is 10.6 Å². The molecule has 2 N–H and O–H groups in total. The number of aromatic nitrogens is 2. The summed E-state index contributed by atoms with van der Waals surface area (Å²) in [5, 5.41) is 18.2. The van der Waals surface area contributed by atoms with Crippen LogP contribution >= 0.6 is 11.6 Å². The van der Waals surface area contributed by atoms with Crippen LogP contribution in [0.4, 0.5) is 28.7 Å². The summed E-state index contributed by atoms with van der Waals surface area (Å²) in [6, 6.07) is 12.9. The minimum atomic E-state index is -0.509. The monoisotopic (exact) mass is 383 g/mol. The highest BCUT2D eigenvalue weighted by molar-refractivity contribution is 6.31. The maximum atomic E-state index is 11.7. The lowest BCUT2D eigenvalue weighted by atomic mass is 10.1. The lowest BCUT2D eigenvalue weighted by molar-refractivity contribution is -0.383. The molecular weight excluding hydrogens is 366 g/mol. The standard InChI is InChI=1S/C19H18ClN5O2/c1-3-13-7-9-14(10-8-13)23-18-17(25(26)27)19(22-11-21-18)24-16-6-4-5-15(20)12(16)2/h4-11H,3H2,1-2H3,(H2,21,22,23,24).